The third-order valence-electron chi connectivity index (χ3n) is 4.42. The van der Waals surface area contributed by atoms with E-state index in [1.807, 2.05) is 31.2 Å². The first-order valence-corrected chi connectivity index (χ1v) is 7.62. The maximum atomic E-state index is 11.9. The summed E-state index contributed by atoms with van der Waals surface area (Å²) in [4.78, 5) is 23.0. The van der Waals surface area contributed by atoms with Gasteiger partial charge >= 0.3 is 5.97 Å². The number of carbonyl (C=O) groups excluding carboxylic acids is 1. The summed E-state index contributed by atoms with van der Waals surface area (Å²) in [6.45, 7) is 2.53. The molecular formula is C17H23NO3. The van der Waals surface area contributed by atoms with Gasteiger partial charge in [0.2, 0.25) is 5.91 Å². The molecule has 4 nitrogen and oxygen atoms in total. The molecule has 1 aliphatic carbocycles. The minimum atomic E-state index is -0.730. The molecule has 114 valence electrons. The van der Waals surface area contributed by atoms with Gasteiger partial charge in [0.1, 0.15) is 0 Å². The summed E-state index contributed by atoms with van der Waals surface area (Å²) in [5.41, 5.74) is 2.39. The lowest BCUT2D eigenvalue weighted by atomic mass is 9.96. The smallest absolute Gasteiger partial charge is 0.306 e. The Kier molecular flexibility index (Phi) is 5.37. The van der Waals surface area contributed by atoms with Crippen molar-refractivity contribution in [3.8, 4) is 0 Å². The van der Waals surface area contributed by atoms with Gasteiger partial charge in [-0.05, 0) is 43.2 Å². The Morgan fingerprint density at radius 3 is 2.76 bits per heavy atom. The summed E-state index contributed by atoms with van der Waals surface area (Å²) in [6.07, 6.45) is 3.76. The molecule has 2 rings (SSSR count). The first-order chi connectivity index (χ1) is 10.1. The zero-order valence-corrected chi connectivity index (χ0v) is 12.5. The molecule has 0 spiro atoms. The molecule has 0 saturated heterocycles. The maximum absolute atomic E-state index is 11.9. The van der Waals surface area contributed by atoms with Gasteiger partial charge in [0.15, 0.2) is 0 Å². The SMILES string of the molecule is Cc1ccccc1CCC(=O)NCC1CCCC1C(=O)O. The van der Waals surface area contributed by atoms with Crippen LogP contribution in [0.4, 0.5) is 0 Å². The highest BCUT2D eigenvalue weighted by Crippen LogP contribution is 2.31. The maximum Gasteiger partial charge on any atom is 0.306 e. The molecule has 0 aromatic heterocycles. The van der Waals surface area contributed by atoms with E-state index in [1.54, 1.807) is 0 Å². The number of carbonyl (C=O) groups is 2. The second-order valence-electron chi connectivity index (χ2n) is 5.87. The lowest BCUT2D eigenvalue weighted by Crippen LogP contribution is -2.33. The van der Waals surface area contributed by atoms with Gasteiger partial charge in [-0.25, -0.2) is 0 Å². The molecule has 1 aliphatic rings. The van der Waals surface area contributed by atoms with Gasteiger partial charge in [-0.1, -0.05) is 30.7 Å². The van der Waals surface area contributed by atoms with Crippen LogP contribution in [0.1, 0.15) is 36.8 Å². The summed E-state index contributed by atoms with van der Waals surface area (Å²) >= 11 is 0. The van der Waals surface area contributed by atoms with Crippen molar-refractivity contribution in [1.82, 2.24) is 5.32 Å². The Morgan fingerprint density at radius 1 is 1.29 bits per heavy atom. The molecule has 2 atom stereocenters. The fourth-order valence-electron chi connectivity index (χ4n) is 3.08. The summed E-state index contributed by atoms with van der Waals surface area (Å²) in [6, 6.07) is 8.06. The Hall–Kier alpha value is -1.84. The van der Waals surface area contributed by atoms with Crippen molar-refractivity contribution >= 4 is 11.9 Å². The summed E-state index contributed by atoms with van der Waals surface area (Å²) in [7, 11) is 0. The molecule has 4 heteroatoms. The van der Waals surface area contributed by atoms with Crippen LogP contribution in [-0.2, 0) is 16.0 Å². The number of aryl methyl sites for hydroxylation is 2. The monoisotopic (exact) mass is 289 g/mol. The summed E-state index contributed by atoms with van der Waals surface area (Å²) in [5.74, 6) is -0.924. The first-order valence-electron chi connectivity index (χ1n) is 7.62. The van der Waals surface area contributed by atoms with Crippen LogP contribution in [0.25, 0.3) is 0 Å². The molecule has 1 fully saturated rings. The van der Waals surface area contributed by atoms with Crippen molar-refractivity contribution in [2.24, 2.45) is 11.8 Å². The van der Waals surface area contributed by atoms with E-state index in [1.165, 1.54) is 11.1 Å². The molecule has 21 heavy (non-hydrogen) atoms. The van der Waals surface area contributed by atoms with Crippen molar-refractivity contribution in [3.63, 3.8) is 0 Å². The molecule has 0 heterocycles. The average Bonchev–Trinajstić information content (AvgIpc) is 2.93. The fraction of sp³-hybridized carbons (Fsp3) is 0.529. The van der Waals surface area contributed by atoms with Crippen molar-refractivity contribution in [2.75, 3.05) is 6.54 Å². The highest BCUT2D eigenvalue weighted by atomic mass is 16.4. The van der Waals surface area contributed by atoms with E-state index in [0.717, 1.165) is 25.7 Å². The Bertz CT molecular complexity index is 513. The van der Waals surface area contributed by atoms with Crippen LogP contribution in [-0.4, -0.2) is 23.5 Å². The van der Waals surface area contributed by atoms with Crippen LogP contribution in [0, 0.1) is 18.8 Å². The van der Waals surface area contributed by atoms with Crippen LogP contribution >= 0.6 is 0 Å². The van der Waals surface area contributed by atoms with Gasteiger partial charge in [-0.2, -0.15) is 0 Å². The predicted octanol–water partition coefficient (Wildman–Crippen LogP) is 2.54. The number of carboxylic acids is 1. The van der Waals surface area contributed by atoms with Crippen LogP contribution in [0.3, 0.4) is 0 Å². The highest BCUT2D eigenvalue weighted by Gasteiger charge is 2.32. The zero-order chi connectivity index (χ0) is 15.2. The number of rotatable bonds is 6. The number of benzene rings is 1. The van der Waals surface area contributed by atoms with Gasteiger partial charge in [0.05, 0.1) is 5.92 Å². The third-order valence-corrected chi connectivity index (χ3v) is 4.42. The molecule has 1 aromatic carbocycles. The van der Waals surface area contributed by atoms with Crippen LogP contribution < -0.4 is 5.32 Å². The third kappa shape index (κ3) is 4.31. The molecule has 2 N–H and O–H groups in total. The second kappa shape index (κ2) is 7.25. The first kappa shape index (κ1) is 15.5. The lowest BCUT2D eigenvalue weighted by molar-refractivity contribution is -0.143. The largest absolute Gasteiger partial charge is 0.481 e. The molecule has 0 radical (unpaired) electrons. The van der Waals surface area contributed by atoms with Crippen LogP contribution in [0.15, 0.2) is 24.3 Å². The number of hydrogen-bond acceptors (Lipinski definition) is 2. The predicted molar refractivity (Wildman–Crippen MR) is 81.0 cm³/mol. The summed E-state index contributed by atoms with van der Waals surface area (Å²) < 4.78 is 0. The second-order valence-corrected chi connectivity index (χ2v) is 5.87. The van der Waals surface area contributed by atoms with Gasteiger partial charge in [0.25, 0.3) is 0 Å². The molecule has 1 saturated carbocycles. The van der Waals surface area contributed by atoms with Gasteiger partial charge < -0.3 is 10.4 Å². The van der Waals surface area contributed by atoms with Crippen molar-refractivity contribution in [2.45, 2.75) is 39.0 Å². The van der Waals surface area contributed by atoms with E-state index >= 15 is 0 Å². The van der Waals surface area contributed by atoms with Crippen molar-refractivity contribution < 1.29 is 14.7 Å². The number of nitrogens with one attached hydrogen (secondary N) is 1. The van der Waals surface area contributed by atoms with Crippen LogP contribution in [0.5, 0.6) is 0 Å². The minimum absolute atomic E-state index is 0.00860. The van der Waals surface area contributed by atoms with E-state index in [9.17, 15) is 9.59 Å². The molecule has 2 unspecified atom stereocenters. The Balaban J connectivity index is 1.75. The topological polar surface area (TPSA) is 66.4 Å². The average molecular weight is 289 g/mol. The lowest BCUT2D eigenvalue weighted by Gasteiger charge is -2.16. The van der Waals surface area contributed by atoms with Crippen molar-refractivity contribution in [1.29, 1.82) is 0 Å². The highest BCUT2D eigenvalue weighted by molar-refractivity contribution is 5.76. The number of amides is 1. The molecule has 1 aromatic rings. The number of aliphatic carboxylic acids is 1. The minimum Gasteiger partial charge on any atom is -0.481 e. The van der Waals surface area contributed by atoms with Gasteiger partial charge in [-0.15, -0.1) is 0 Å². The van der Waals surface area contributed by atoms with E-state index in [0.29, 0.717) is 13.0 Å². The van der Waals surface area contributed by atoms with E-state index in [-0.39, 0.29) is 17.7 Å². The van der Waals surface area contributed by atoms with Crippen LogP contribution in [0.2, 0.25) is 0 Å². The van der Waals surface area contributed by atoms with E-state index in [4.69, 9.17) is 5.11 Å². The molecule has 0 bridgehead atoms. The van der Waals surface area contributed by atoms with E-state index in [2.05, 4.69) is 5.32 Å². The summed E-state index contributed by atoms with van der Waals surface area (Å²) in [5, 5.41) is 12.0. The molecular weight excluding hydrogens is 266 g/mol. The van der Waals surface area contributed by atoms with Gasteiger partial charge in [-0.3, -0.25) is 9.59 Å². The Labute approximate surface area is 125 Å². The van der Waals surface area contributed by atoms with Crippen molar-refractivity contribution in [3.05, 3.63) is 35.4 Å². The number of carboxylic acid groups (broad SMARTS) is 1. The standard InChI is InChI=1S/C17H23NO3/c1-12-5-2-3-6-13(12)9-10-16(19)18-11-14-7-4-8-15(14)17(20)21/h2-3,5-6,14-15H,4,7-11H2,1H3,(H,18,19)(H,20,21). The normalized spacial score (nSPS) is 21.2. The quantitative estimate of drug-likeness (QED) is 0.845. The Morgan fingerprint density at radius 2 is 2.05 bits per heavy atom. The van der Waals surface area contributed by atoms with E-state index < -0.39 is 5.97 Å². The zero-order valence-electron chi connectivity index (χ0n) is 12.5. The number of hydrogen-bond donors (Lipinski definition) is 2. The molecule has 0 aliphatic heterocycles. The fourth-order valence-corrected chi connectivity index (χ4v) is 3.08. The molecule has 1 amide bonds. The van der Waals surface area contributed by atoms with Gasteiger partial charge in [0, 0.05) is 13.0 Å².